The number of halogens is 1. The van der Waals surface area contributed by atoms with E-state index in [1.54, 1.807) is 6.07 Å². The lowest BCUT2D eigenvalue weighted by Crippen LogP contribution is -2.50. The zero-order chi connectivity index (χ0) is 18.0. The van der Waals surface area contributed by atoms with Crippen LogP contribution in [0.2, 0.25) is 0 Å². The van der Waals surface area contributed by atoms with Crippen molar-refractivity contribution < 1.29 is 13.6 Å². The highest BCUT2D eigenvalue weighted by molar-refractivity contribution is 5.82. The molecule has 6 heteroatoms. The van der Waals surface area contributed by atoms with Gasteiger partial charge < -0.3 is 20.4 Å². The van der Waals surface area contributed by atoms with Gasteiger partial charge in [-0.2, -0.15) is 0 Å². The minimum absolute atomic E-state index is 0.138. The molecule has 136 valence electrons. The van der Waals surface area contributed by atoms with Gasteiger partial charge in [0.25, 0.3) is 0 Å². The predicted octanol–water partition coefficient (Wildman–Crippen LogP) is 3.63. The first-order valence-corrected chi connectivity index (χ1v) is 8.92. The summed E-state index contributed by atoms with van der Waals surface area (Å²) in [6.07, 6.45) is 2.04. The van der Waals surface area contributed by atoms with Crippen LogP contribution >= 0.6 is 0 Å². The lowest BCUT2D eigenvalue weighted by Gasteiger charge is -2.26. The summed E-state index contributed by atoms with van der Waals surface area (Å²) in [5.41, 5.74) is 1.51. The maximum Gasteiger partial charge on any atom is 0.315 e. The first-order valence-electron chi connectivity index (χ1n) is 8.92. The number of hydrogen-bond acceptors (Lipinski definition) is 3. The second-order valence-electron chi connectivity index (χ2n) is 7.11. The van der Waals surface area contributed by atoms with Crippen molar-refractivity contribution in [3.05, 3.63) is 35.3 Å². The van der Waals surface area contributed by atoms with E-state index in [2.05, 4.69) is 16.0 Å². The Bertz CT molecular complexity index is 750. The lowest BCUT2D eigenvalue weighted by atomic mass is 9.98. The van der Waals surface area contributed by atoms with Crippen LogP contribution in [0.5, 0.6) is 0 Å². The first-order chi connectivity index (χ1) is 12.0. The van der Waals surface area contributed by atoms with Crippen LogP contribution in [0, 0.1) is 18.7 Å². The Morgan fingerprint density at radius 1 is 1.40 bits per heavy atom. The van der Waals surface area contributed by atoms with Gasteiger partial charge in [0.15, 0.2) is 0 Å². The Morgan fingerprint density at radius 2 is 2.20 bits per heavy atom. The molecule has 1 aromatic heterocycles. The summed E-state index contributed by atoms with van der Waals surface area (Å²) in [6.45, 7) is 7.76. The quantitative estimate of drug-likeness (QED) is 0.791. The minimum atomic E-state index is -0.292. The summed E-state index contributed by atoms with van der Waals surface area (Å²) in [5.74, 6) is 0.534. The van der Waals surface area contributed by atoms with Gasteiger partial charge in [-0.25, -0.2) is 9.18 Å². The van der Waals surface area contributed by atoms with Crippen molar-refractivity contribution in [1.82, 2.24) is 16.0 Å². The average Bonchev–Trinajstić information content (AvgIpc) is 2.90. The zero-order valence-corrected chi connectivity index (χ0v) is 15.0. The molecule has 3 rings (SSSR count). The molecule has 0 saturated carbocycles. The molecule has 1 fully saturated rings. The fourth-order valence-corrected chi connectivity index (χ4v) is 3.39. The van der Waals surface area contributed by atoms with Crippen molar-refractivity contribution in [1.29, 1.82) is 0 Å². The van der Waals surface area contributed by atoms with Crippen LogP contribution in [0.15, 0.2) is 22.6 Å². The van der Waals surface area contributed by atoms with Crippen LogP contribution in [0.25, 0.3) is 11.0 Å². The number of hydrogen-bond donors (Lipinski definition) is 3. The van der Waals surface area contributed by atoms with Gasteiger partial charge in [-0.15, -0.1) is 0 Å². The molecule has 0 radical (unpaired) electrons. The number of nitrogens with one attached hydrogen (secondary N) is 3. The molecule has 0 spiro atoms. The van der Waals surface area contributed by atoms with E-state index in [-0.39, 0.29) is 29.8 Å². The maximum atomic E-state index is 13.5. The van der Waals surface area contributed by atoms with Gasteiger partial charge >= 0.3 is 6.03 Å². The molecule has 0 bridgehead atoms. The number of benzene rings is 1. The SMILES string of the molecule is Cc1c(C(NC(=O)NC2CCCNC2)C(C)C)oc2ccc(F)cc12. The van der Waals surface area contributed by atoms with E-state index in [1.807, 2.05) is 20.8 Å². The summed E-state index contributed by atoms with van der Waals surface area (Å²) in [5, 5.41) is 10.1. The van der Waals surface area contributed by atoms with Gasteiger partial charge in [0.1, 0.15) is 17.2 Å². The van der Waals surface area contributed by atoms with Gasteiger partial charge in [0, 0.05) is 23.5 Å². The molecule has 1 aliphatic rings. The fraction of sp³-hybridized carbons (Fsp3) is 0.526. The van der Waals surface area contributed by atoms with E-state index >= 15 is 0 Å². The number of furan rings is 1. The Labute approximate surface area is 147 Å². The first kappa shape index (κ1) is 17.7. The minimum Gasteiger partial charge on any atom is -0.459 e. The number of piperidine rings is 1. The Kier molecular flexibility index (Phi) is 5.27. The van der Waals surface area contributed by atoms with Gasteiger partial charge in [0.2, 0.25) is 0 Å². The van der Waals surface area contributed by atoms with E-state index in [1.165, 1.54) is 12.1 Å². The molecule has 2 heterocycles. The van der Waals surface area contributed by atoms with Crippen molar-refractivity contribution in [3.63, 3.8) is 0 Å². The zero-order valence-electron chi connectivity index (χ0n) is 15.0. The second kappa shape index (κ2) is 7.44. The molecule has 2 aromatic rings. The summed E-state index contributed by atoms with van der Waals surface area (Å²) < 4.78 is 19.5. The van der Waals surface area contributed by atoms with E-state index in [0.717, 1.165) is 36.9 Å². The Hall–Kier alpha value is -2.08. The van der Waals surface area contributed by atoms with E-state index in [4.69, 9.17) is 4.42 Å². The number of aryl methyl sites for hydroxylation is 1. The summed E-state index contributed by atoms with van der Waals surface area (Å²) in [6, 6.07) is 4.17. The molecule has 2 unspecified atom stereocenters. The number of amides is 2. The van der Waals surface area contributed by atoms with Crippen molar-refractivity contribution in [2.45, 2.75) is 45.7 Å². The molecule has 2 atom stereocenters. The van der Waals surface area contributed by atoms with Crippen LogP contribution in [0.1, 0.15) is 44.1 Å². The number of urea groups is 1. The third-order valence-electron chi connectivity index (χ3n) is 4.80. The van der Waals surface area contributed by atoms with Crippen LogP contribution in [-0.2, 0) is 0 Å². The molecular weight excluding hydrogens is 321 g/mol. The molecule has 1 aromatic carbocycles. The summed E-state index contributed by atoms with van der Waals surface area (Å²) >= 11 is 0. The molecule has 1 saturated heterocycles. The number of carbonyl (C=O) groups is 1. The highest BCUT2D eigenvalue weighted by Crippen LogP contribution is 2.33. The maximum absolute atomic E-state index is 13.5. The summed E-state index contributed by atoms with van der Waals surface area (Å²) in [4.78, 5) is 12.4. The molecule has 1 aliphatic heterocycles. The standard InChI is InChI=1S/C19H26FN3O2/c1-11(2)17(23-19(24)22-14-5-4-8-21-10-14)18-12(3)15-9-13(20)6-7-16(15)25-18/h6-7,9,11,14,17,21H,4-5,8,10H2,1-3H3,(H2,22,23,24). The number of fused-ring (bicyclic) bond motifs is 1. The van der Waals surface area contributed by atoms with E-state index < -0.39 is 0 Å². The molecule has 25 heavy (non-hydrogen) atoms. The molecular formula is C19H26FN3O2. The average molecular weight is 347 g/mol. The molecule has 0 aliphatic carbocycles. The normalized spacial score (nSPS) is 19.2. The Balaban J connectivity index is 1.79. The van der Waals surface area contributed by atoms with Crippen LogP contribution in [0.3, 0.4) is 0 Å². The smallest absolute Gasteiger partial charge is 0.315 e. The van der Waals surface area contributed by atoms with Crippen LogP contribution < -0.4 is 16.0 Å². The third-order valence-corrected chi connectivity index (χ3v) is 4.80. The van der Waals surface area contributed by atoms with Crippen molar-refractivity contribution in [3.8, 4) is 0 Å². The monoisotopic (exact) mass is 347 g/mol. The number of rotatable bonds is 4. The second-order valence-corrected chi connectivity index (χ2v) is 7.11. The van der Waals surface area contributed by atoms with Gasteiger partial charge in [-0.05, 0) is 50.4 Å². The Morgan fingerprint density at radius 3 is 2.88 bits per heavy atom. The largest absolute Gasteiger partial charge is 0.459 e. The highest BCUT2D eigenvalue weighted by Gasteiger charge is 2.26. The van der Waals surface area contributed by atoms with Gasteiger partial charge in [-0.1, -0.05) is 13.8 Å². The molecule has 5 nitrogen and oxygen atoms in total. The van der Waals surface area contributed by atoms with E-state index in [9.17, 15) is 9.18 Å². The van der Waals surface area contributed by atoms with Crippen molar-refractivity contribution in [2.75, 3.05) is 13.1 Å². The number of carbonyl (C=O) groups excluding carboxylic acids is 1. The molecule has 3 N–H and O–H groups in total. The van der Waals surface area contributed by atoms with Crippen molar-refractivity contribution in [2.24, 2.45) is 5.92 Å². The van der Waals surface area contributed by atoms with E-state index in [0.29, 0.717) is 11.3 Å². The van der Waals surface area contributed by atoms with Crippen molar-refractivity contribution >= 4 is 17.0 Å². The third kappa shape index (κ3) is 3.95. The topological polar surface area (TPSA) is 66.3 Å². The predicted molar refractivity (Wildman–Crippen MR) is 96.0 cm³/mol. The fourth-order valence-electron chi connectivity index (χ4n) is 3.39. The summed E-state index contributed by atoms with van der Waals surface area (Å²) in [7, 11) is 0. The highest BCUT2D eigenvalue weighted by atomic mass is 19.1. The van der Waals surface area contributed by atoms with Crippen LogP contribution in [0.4, 0.5) is 9.18 Å². The van der Waals surface area contributed by atoms with Crippen LogP contribution in [-0.4, -0.2) is 25.2 Å². The lowest BCUT2D eigenvalue weighted by molar-refractivity contribution is 0.223. The van der Waals surface area contributed by atoms with Gasteiger partial charge in [0.05, 0.1) is 6.04 Å². The molecule has 2 amide bonds. The van der Waals surface area contributed by atoms with Gasteiger partial charge in [-0.3, -0.25) is 0 Å².